The van der Waals surface area contributed by atoms with E-state index in [1.165, 1.54) is 36.7 Å². The standard InChI is InChI=1S/C11H8FNO2/c12-9-3-5-10(6-4-9)15-11-2-1-7-13(14)8-11/h1-8H. The highest BCUT2D eigenvalue weighted by Gasteiger charge is 2.00. The summed E-state index contributed by atoms with van der Waals surface area (Å²) in [4.78, 5) is 0. The third-order valence-electron chi connectivity index (χ3n) is 1.80. The molecule has 0 saturated heterocycles. The molecule has 0 amide bonds. The molecule has 4 heteroatoms. The van der Waals surface area contributed by atoms with Gasteiger partial charge in [0.25, 0.3) is 0 Å². The van der Waals surface area contributed by atoms with Crippen LogP contribution in [0.2, 0.25) is 0 Å². The van der Waals surface area contributed by atoms with Crippen molar-refractivity contribution in [3.05, 3.63) is 59.8 Å². The number of benzene rings is 1. The van der Waals surface area contributed by atoms with Gasteiger partial charge in [-0.15, -0.1) is 0 Å². The predicted molar refractivity (Wildman–Crippen MR) is 51.9 cm³/mol. The van der Waals surface area contributed by atoms with Crippen LogP contribution < -0.4 is 9.47 Å². The van der Waals surface area contributed by atoms with Crippen LogP contribution in [-0.2, 0) is 0 Å². The van der Waals surface area contributed by atoms with E-state index in [0.29, 0.717) is 16.2 Å². The molecule has 0 unspecified atom stereocenters. The molecule has 76 valence electrons. The highest BCUT2D eigenvalue weighted by Crippen LogP contribution is 2.19. The molecule has 3 nitrogen and oxygen atoms in total. The smallest absolute Gasteiger partial charge is 0.223 e. The van der Waals surface area contributed by atoms with Gasteiger partial charge in [-0.1, -0.05) is 0 Å². The Morgan fingerprint density at radius 1 is 1.07 bits per heavy atom. The van der Waals surface area contributed by atoms with Gasteiger partial charge < -0.3 is 9.94 Å². The first-order chi connectivity index (χ1) is 7.24. The molecule has 0 saturated carbocycles. The van der Waals surface area contributed by atoms with E-state index in [0.717, 1.165) is 0 Å². The summed E-state index contributed by atoms with van der Waals surface area (Å²) in [7, 11) is 0. The van der Waals surface area contributed by atoms with Crippen LogP contribution in [0.5, 0.6) is 11.5 Å². The van der Waals surface area contributed by atoms with E-state index in [1.807, 2.05) is 0 Å². The van der Waals surface area contributed by atoms with Gasteiger partial charge in [0.1, 0.15) is 11.6 Å². The van der Waals surface area contributed by atoms with Crippen LogP contribution in [0, 0.1) is 11.0 Å². The van der Waals surface area contributed by atoms with E-state index in [4.69, 9.17) is 4.74 Å². The second-order valence-corrected chi connectivity index (χ2v) is 2.96. The molecule has 2 aromatic rings. The molecule has 2 rings (SSSR count). The SMILES string of the molecule is [O-][n+]1cccc(Oc2ccc(F)cc2)c1. The fraction of sp³-hybridized carbons (Fsp3) is 0. The highest BCUT2D eigenvalue weighted by molar-refractivity contribution is 5.28. The quantitative estimate of drug-likeness (QED) is 0.556. The molecule has 0 bridgehead atoms. The topological polar surface area (TPSA) is 36.2 Å². The lowest BCUT2D eigenvalue weighted by Crippen LogP contribution is -2.23. The van der Waals surface area contributed by atoms with Crippen molar-refractivity contribution in [2.24, 2.45) is 0 Å². The minimum atomic E-state index is -0.325. The van der Waals surface area contributed by atoms with Crippen LogP contribution in [0.15, 0.2) is 48.8 Å². The zero-order valence-electron chi connectivity index (χ0n) is 7.76. The Kier molecular flexibility index (Phi) is 2.49. The molecule has 1 aromatic carbocycles. The zero-order valence-corrected chi connectivity index (χ0v) is 7.76. The number of nitrogens with zero attached hydrogens (tertiary/aromatic N) is 1. The molecule has 0 radical (unpaired) electrons. The Balaban J connectivity index is 2.18. The number of hydrogen-bond acceptors (Lipinski definition) is 2. The maximum absolute atomic E-state index is 12.6. The summed E-state index contributed by atoms with van der Waals surface area (Å²) in [6, 6.07) is 8.81. The maximum Gasteiger partial charge on any atom is 0.223 e. The first kappa shape index (κ1) is 9.45. The number of ether oxygens (including phenoxy) is 1. The molecule has 1 aromatic heterocycles. The molecule has 0 aliphatic heterocycles. The summed E-state index contributed by atoms with van der Waals surface area (Å²) in [6.07, 6.45) is 2.65. The monoisotopic (exact) mass is 205 g/mol. The van der Waals surface area contributed by atoms with Gasteiger partial charge in [-0.05, 0) is 30.3 Å². The molecule has 1 heterocycles. The summed E-state index contributed by atoms with van der Waals surface area (Å²) in [5.74, 6) is 0.580. The Bertz CT molecular complexity index is 456. The molecule has 0 aliphatic carbocycles. The van der Waals surface area contributed by atoms with Crippen molar-refractivity contribution in [2.45, 2.75) is 0 Å². The third kappa shape index (κ3) is 2.43. The molecular weight excluding hydrogens is 197 g/mol. The zero-order chi connectivity index (χ0) is 10.7. The molecule has 0 fully saturated rings. The summed E-state index contributed by atoms with van der Waals surface area (Å²) in [6.45, 7) is 0. The lowest BCUT2D eigenvalue weighted by molar-refractivity contribution is -0.605. The van der Waals surface area contributed by atoms with Crippen LogP contribution in [0.25, 0.3) is 0 Å². The summed E-state index contributed by atoms with van der Waals surface area (Å²) in [5, 5.41) is 10.9. The minimum absolute atomic E-state index is 0.325. The fourth-order valence-electron chi connectivity index (χ4n) is 1.13. The number of rotatable bonds is 2. The Labute approximate surface area is 85.9 Å². The fourth-order valence-corrected chi connectivity index (χ4v) is 1.13. The van der Waals surface area contributed by atoms with Crippen LogP contribution in [0.1, 0.15) is 0 Å². The first-order valence-electron chi connectivity index (χ1n) is 4.36. The van der Waals surface area contributed by atoms with E-state index in [9.17, 15) is 9.60 Å². The normalized spacial score (nSPS) is 9.93. The summed E-state index contributed by atoms with van der Waals surface area (Å²) < 4.78 is 18.5. The summed E-state index contributed by atoms with van der Waals surface area (Å²) >= 11 is 0. The molecule has 0 N–H and O–H groups in total. The van der Waals surface area contributed by atoms with Crippen LogP contribution >= 0.6 is 0 Å². The van der Waals surface area contributed by atoms with Gasteiger partial charge in [0.05, 0.1) is 0 Å². The van der Waals surface area contributed by atoms with Gasteiger partial charge in [-0.25, -0.2) is 4.39 Å². The molecule has 0 aliphatic rings. The van der Waals surface area contributed by atoms with Gasteiger partial charge in [-0.3, -0.25) is 0 Å². The second-order valence-electron chi connectivity index (χ2n) is 2.96. The van der Waals surface area contributed by atoms with Crippen molar-refractivity contribution in [3.8, 4) is 11.5 Å². The number of halogens is 1. The van der Waals surface area contributed by atoms with E-state index < -0.39 is 0 Å². The Morgan fingerprint density at radius 3 is 2.47 bits per heavy atom. The van der Waals surface area contributed by atoms with Crippen LogP contribution in [0.3, 0.4) is 0 Å². The molecule has 15 heavy (non-hydrogen) atoms. The van der Waals surface area contributed by atoms with Crippen molar-refractivity contribution in [1.82, 2.24) is 0 Å². The summed E-state index contributed by atoms with van der Waals surface area (Å²) in [5.41, 5.74) is 0. The van der Waals surface area contributed by atoms with E-state index in [1.54, 1.807) is 12.1 Å². The lowest BCUT2D eigenvalue weighted by atomic mass is 10.3. The van der Waals surface area contributed by atoms with Crippen LogP contribution in [-0.4, -0.2) is 0 Å². The predicted octanol–water partition coefficient (Wildman–Crippen LogP) is 2.25. The van der Waals surface area contributed by atoms with Gasteiger partial charge in [0, 0.05) is 6.07 Å². The van der Waals surface area contributed by atoms with Crippen molar-refractivity contribution >= 4 is 0 Å². The van der Waals surface area contributed by atoms with E-state index >= 15 is 0 Å². The largest absolute Gasteiger partial charge is 0.619 e. The van der Waals surface area contributed by atoms with Crippen molar-refractivity contribution in [2.75, 3.05) is 0 Å². The number of pyridine rings is 1. The Hall–Kier alpha value is -2.10. The molecule has 0 atom stereocenters. The number of aromatic nitrogens is 1. The van der Waals surface area contributed by atoms with E-state index in [-0.39, 0.29) is 5.82 Å². The van der Waals surface area contributed by atoms with E-state index in [2.05, 4.69) is 0 Å². The molecular formula is C11H8FNO2. The van der Waals surface area contributed by atoms with Gasteiger partial charge in [-0.2, -0.15) is 4.73 Å². The van der Waals surface area contributed by atoms with Crippen LogP contribution in [0.4, 0.5) is 4.39 Å². The van der Waals surface area contributed by atoms with Gasteiger partial charge in [0.15, 0.2) is 11.9 Å². The second kappa shape index (κ2) is 3.96. The van der Waals surface area contributed by atoms with Crippen molar-refractivity contribution in [1.29, 1.82) is 0 Å². The minimum Gasteiger partial charge on any atom is -0.619 e. The average Bonchev–Trinajstić information content (AvgIpc) is 2.22. The van der Waals surface area contributed by atoms with Gasteiger partial charge >= 0.3 is 0 Å². The Morgan fingerprint density at radius 2 is 1.80 bits per heavy atom. The lowest BCUT2D eigenvalue weighted by Gasteiger charge is -2.04. The van der Waals surface area contributed by atoms with Crippen molar-refractivity contribution in [3.63, 3.8) is 0 Å². The maximum atomic E-state index is 12.6. The van der Waals surface area contributed by atoms with Gasteiger partial charge in [0.2, 0.25) is 6.20 Å². The first-order valence-corrected chi connectivity index (χ1v) is 4.36. The van der Waals surface area contributed by atoms with Crippen molar-refractivity contribution < 1.29 is 13.9 Å². The molecule has 0 spiro atoms. The highest BCUT2D eigenvalue weighted by atomic mass is 19.1. The average molecular weight is 205 g/mol. The number of hydrogen-bond donors (Lipinski definition) is 0. The third-order valence-corrected chi connectivity index (χ3v) is 1.80.